The van der Waals surface area contributed by atoms with E-state index in [-0.39, 0.29) is 0 Å². The van der Waals surface area contributed by atoms with Crippen molar-refractivity contribution in [2.45, 2.75) is 26.8 Å². The zero-order valence-electron chi connectivity index (χ0n) is 12.1. The van der Waals surface area contributed by atoms with Gasteiger partial charge >= 0.3 is 0 Å². The van der Waals surface area contributed by atoms with Gasteiger partial charge in [-0.2, -0.15) is 0 Å². The van der Waals surface area contributed by atoms with Crippen molar-refractivity contribution in [1.29, 1.82) is 0 Å². The summed E-state index contributed by atoms with van der Waals surface area (Å²) in [4.78, 5) is 0. The normalized spacial score (nSPS) is 10.9. The maximum absolute atomic E-state index is 14.0. The number of hydrogen-bond acceptors (Lipinski definition) is 1. The second-order valence-electron chi connectivity index (χ2n) is 5.06. The summed E-state index contributed by atoms with van der Waals surface area (Å²) >= 11 is 6.17. The average molecular weight is 310 g/mol. The van der Waals surface area contributed by atoms with Crippen LogP contribution < -0.4 is 5.32 Å². The molecule has 0 amide bonds. The maximum Gasteiger partial charge on any atom is 0.133 e. The molecule has 1 N–H and O–H groups in total. The monoisotopic (exact) mass is 309 g/mol. The van der Waals surface area contributed by atoms with Crippen LogP contribution in [-0.4, -0.2) is 6.54 Å². The molecular weight excluding hydrogens is 292 g/mol. The van der Waals surface area contributed by atoms with Crippen molar-refractivity contribution in [1.82, 2.24) is 5.32 Å². The Morgan fingerprint density at radius 2 is 1.86 bits per heavy atom. The molecule has 0 fully saturated rings. The van der Waals surface area contributed by atoms with Crippen LogP contribution in [0.15, 0.2) is 30.3 Å². The minimum atomic E-state index is -0.562. The van der Waals surface area contributed by atoms with Gasteiger partial charge in [-0.1, -0.05) is 24.6 Å². The van der Waals surface area contributed by atoms with E-state index in [9.17, 15) is 8.78 Å². The Hall–Kier alpha value is -1.45. The summed E-state index contributed by atoms with van der Waals surface area (Å²) in [5.74, 6) is -1.09. The van der Waals surface area contributed by atoms with Crippen molar-refractivity contribution in [2.24, 2.45) is 0 Å². The number of rotatable bonds is 5. The number of hydrogen-bond donors (Lipinski definition) is 1. The predicted octanol–water partition coefficient (Wildman–Crippen LogP) is 5.09. The fourth-order valence-corrected chi connectivity index (χ4v) is 2.34. The number of nitrogens with one attached hydrogen (secondary N) is 1. The third kappa shape index (κ3) is 3.80. The lowest BCUT2D eigenvalue weighted by Gasteiger charge is -2.10. The molecule has 4 heteroatoms. The molecular formula is C17H18ClF2N. The van der Waals surface area contributed by atoms with E-state index < -0.39 is 11.6 Å². The highest BCUT2D eigenvalue weighted by Gasteiger charge is 2.11. The van der Waals surface area contributed by atoms with Gasteiger partial charge in [0, 0.05) is 23.2 Å². The molecule has 21 heavy (non-hydrogen) atoms. The van der Waals surface area contributed by atoms with E-state index in [1.807, 2.05) is 6.07 Å². The molecule has 0 aliphatic carbocycles. The van der Waals surface area contributed by atoms with E-state index in [4.69, 9.17) is 11.6 Å². The summed E-state index contributed by atoms with van der Waals surface area (Å²) in [5, 5.41) is 3.91. The van der Waals surface area contributed by atoms with Gasteiger partial charge in [0.05, 0.1) is 0 Å². The lowest BCUT2D eigenvalue weighted by Crippen LogP contribution is -2.14. The minimum absolute atomic E-state index is 0.391. The molecule has 112 valence electrons. The van der Waals surface area contributed by atoms with Crippen molar-refractivity contribution < 1.29 is 8.78 Å². The molecule has 0 aliphatic heterocycles. The van der Waals surface area contributed by atoms with E-state index >= 15 is 0 Å². The standard InChI is InChI=1S/C17H18ClF2N/c1-3-6-21-10-13-8-12(4-5-15(13)18)14-7-11(2)16(19)9-17(14)20/h4-5,7-9,21H,3,6,10H2,1-2H3. The first kappa shape index (κ1) is 15.9. The molecule has 2 rings (SSSR count). The quantitative estimate of drug-likeness (QED) is 0.758. The second-order valence-corrected chi connectivity index (χ2v) is 5.47. The molecule has 0 unspecified atom stereocenters. The SMILES string of the molecule is CCCNCc1cc(-c2cc(C)c(F)cc2F)ccc1Cl. The van der Waals surface area contributed by atoms with Gasteiger partial charge in [-0.05, 0) is 54.8 Å². The Balaban J connectivity index is 2.36. The van der Waals surface area contributed by atoms with Crippen molar-refractivity contribution in [3.05, 3.63) is 58.1 Å². The molecule has 0 heterocycles. The second kappa shape index (κ2) is 7.01. The van der Waals surface area contributed by atoms with E-state index in [2.05, 4.69) is 12.2 Å². The lowest BCUT2D eigenvalue weighted by atomic mass is 10.0. The Labute approximate surface area is 128 Å². The molecule has 0 saturated heterocycles. The van der Waals surface area contributed by atoms with Crippen LogP contribution in [0.5, 0.6) is 0 Å². The van der Waals surface area contributed by atoms with Crippen molar-refractivity contribution in [3.63, 3.8) is 0 Å². The lowest BCUT2D eigenvalue weighted by molar-refractivity contribution is 0.579. The Bertz CT molecular complexity index is 641. The van der Waals surface area contributed by atoms with Crippen molar-refractivity contribution >= 4 is 11.6 Å². The van der Waals surface area contributed by atoms with E-state index in [0.29, 0.717) is 28.3 Å². The van der Waals surface area contributed by atoms with Gasteiger partial charge in [-0.3, -0.25) is 0 Å². The van der Waals surface area contributed by atoms with Crippen LogP contribution in [-0.2, 0) is 6.54 Å². The van der Waals surface area contributed by atoms with Gasteiger partial charge in [0.2, 0.25) is 0 Å². The van der Waals surface area contributed by atoms with E-state index in [1.54, 1.807) is 19.1 Å². The molecule has 0 radical (unpaired) electrons. The van der Waals surface area contributed by atoms with Gasteiger partial charge in [0.25, 0.3) is 0 Å². The first-order valence-corrected chi connectivity index (χ1v) is 7.36. The van der Waals surface area contributed by atoms with Gasteiger partial charge in [-0.25, -0.2) is 8.78 Å². The molecule has 0 aromatic heterocycles. The van der Waals surface area contributed by atoms with Crippen molar-refractivity contribution in [2.75, 3.05) is 6.54 Å². The third-order valence-corrected chi connectivity index (χ3v) is 3.72. The van der Waals surface area contributed by atoms with Crippen LogP contribution >= 0.6 is 11.6 Å². The summed E-state index contributed by atoms with van der Waals surface area (Å²) in [6.45, 7) is 5.23. The minimum Gasteiger partial charge on any atom is -0.313 e. The van der Waals surface area contributed by atoms with Gasteiger partial charge < -0.3 is 5.32 Å². The van der Waals surface area contributed by atoms with Crippen LogP contribution in [0.2, 0.25) is 5.02 Å². The largest absolute Gasteiger partial charge is 0.313 e. The number of halogens is 3. The molecule has 0 aliphatic rings. The zero-order chi connectivity index (χ0) is 15.4. The highest BCUT2D eigenvalue weighted by molar-refractivity contribution is 6.31. The average Bonchev–Trinajstić information content (AvgIpc) is 2.45. The van der Waals surface area contributed by atoms with Gasteiger partial charge in [-0.15, -0.1) is 0 Å². The highest BCUT2D eigenvalue weighted by Crippen LogP contribution is 2.29. The summed E-state index contributed by atoms with van der Waals surface area (Å²) in [6.07, 6.45) is 1.03. The van der Waals surface area contributed by atoms with E-state index in [0.717, 1.165) is 24.6 Å². The third-order valence-electron chi connectivity index (χ3n) is 3.35. The number of aryl methyl sites for hydroxylation is 1. The molecule has 2 aromatic rings. The summed E-state index contributed by atoms with van der Waals surface area (Å²) in [5.41, 5.74) is 2.42. The van der Waals surface area contributed by atoms with Gasteiger partial charge in [0.1, 0.15) is 11.6 Å². The Kier molecular flexibility index (Phi) is 5.32. The summed E-state index contributed by atoms with van der Waals surface area (Å²) in [7, 11) is 0. The van der Waals surface area contributed by atoms with E-state index in [1.165, 1.54) is 6.07 Å². The topological polar surface area (TPSA) is 12.0 Å². The van der Waals surface area contributed by atoms with Crippen molar-refractivity contribution in [3.8, 4) is 11.1 Å². The highest BCUT2D eigenvalue weighted by atomic mass is 35.5. The Morgan fingerprint density at radius 1 is 1.10 bits per heavy atom. The van der Waals surface area contributed by atoms with Crippen LogP contribution in [0.3, 0.4) is 0 Å². The first-order valence-electron chi connectivity index (χ1n) is 6.98. The summed E-state index contributed by atoms with van der Waals surface area (Å²) in [6, 6.07) is 7.80. The first-order chi connectivity index (χ1) is 10.0. The fraction of sp³-hybridized carbons (Fsp3) is 0.294. The number of benzene rings is 2. The van der Waals surface area contributed by atoms with Crippen LogP contribution in [0, 0.1) is 18.6 Å². The Morgan fingerprint density at radius 3 is 2.57 bits per heavy atom. The van der Waals surface area contributed by atoms with Gasteiger partial charge in [0.15, 0.2) is 0 Å². The fourth-order valence-electron chi connectivity index (χ4n) is 2.16. The molecule has 2 aromatic carbocycles. The zero-order valence-corrected chi connectivity index (χ0v) is 12.9. The maximum atomic E-state index is 14.0. The van der Waals surface area contributed by atoms with Crippen LogP contribution in [0.4, 0.5) is 8.78 Å². The predicted molar refractivity (Wildman–Crippen MR) is 83.5 cm³/mol. The molecule has 0 atom stereocenters. The molecule has 1 nitrogen and oxygen atoms in total. The molecule has 0 bridgehead atoms. The molecule has 0 saturated carbocycles. The van der Waals surface area contributed by atoms with Crippen LogP contribution in [0.1, 0.15) is 24.5 Å². The van der Waals surface area contributed by atoms with Crippen LogP contribution in [0.25, 0.3) is 11.1 Å². The smallest absolute Gasteiger partial charge is 0.133 e. The summed E-state index contributed by atoms with van der Waals surface area (Å²) < 4.78 is 27.3. The molecule has 0 spiro atoms.